The Labute approximate surface area is 165 Å². The van der Waals surface area contributed by atoms with Gasteiger partial charge in [0.05, 0.1) is 13.2 Å². The molecular formula is C23H23NO4. The summed E-state index contributed by atoms with van der Waals surface area (Å²) in [6.45, 7) is 11.6. The van der Waals surface area contributed by atoms with Gasteiger partial charge >= 0.3 is 5.97 Å². The van der Waals surface area contributed by atoms with Crippen molar-refractivity contribution < 1.29 is 19.0 Å². The van der Waals surface area contributed by atoms with Crippen molar-refractivity contribution in [2.75, 3.05) is 6.61 Å². The normalized spacial score (nSPS) is 17.2. The molecule has 0 amide bonds. The summed E-state index contributed by atoms with van der Waals surface area (Å²) in [6, 6.07) is 13.0. The maximum absolute atomic E-state index is 11.6. The summed E-state index contributed by atoms with van der Waals surface area (Å²) in [7, 11) is 0. The third-order valence-electron chi connectivity index (χ3n) is 4.54. The molecule has 0 saturated heterocycles. The minimum atomic E-state index is -0.535. The third-order valence-corrected chi connectivity index (χ3v) is 4.54. The van der Waals surface area contributed by atoms with Gasteiger partial charge in [-0.15, -0.1) is 0 Å². The van der Waals surface area contributed by atoms with Gasteiger partial charge in [-0.1, -0.05) is 30.3 Å². The van der Waals surface area contributed by atoms with Gasteiger partial charge in [-0.25, -0.2) is 4.85 Å². The standard InChI is InChI=1S/C23H23NO4/c1-4-26-22(25)12-14-23(2)13-11-18-15-20(9-10-21(18)28-23)27-16-17-5-7-19(24-3)8-6-17/h5-11,13,15H,4,12,14,16H2,1-2H3. The van der Waals surface area contributed by atoms with Crippen LogP contribution in [0.15, 0.2) is 48.5 Å². The van der Waals surface area contributed by atoms with Gasteiger partial charge in [0.1, 0.15) is 23.7 Å². The van der Waals surface area contributed by atoms with Gasteiger partial charge in [-0.2, -0.15) is 0 Å². The van der Waals surface area contributed by atoms with Gasteiger partial charge in [-0.3, -0.25) is 4.79 Å². The quantitative estimate of drug-likeness (QED) is 0.484. The largest absolute Gasteiger partial charge is 0.489 e. The van der Waals surface area contributed by atoms with E-state index in [2.05, 4.69) is 4.85 Å². The van der Waals surface area contributed by atoms with Gasteiger partial charge < -0.3 is 14.2 Å². The molecule has 5 nitrogen and oxygen atoms in total. The highest BCUT2D eigenvalue weighted by Crippen LogP contribution is 2.35. The monoisotopic (exact) mass is 377 g/mol. The molecule has 144 valence electrons. The lowest BCUT2D eigenvalue weighted by molar-refractivity contribution is -0.143. The lowest BCUT2D eigenvalue weighted by atomic mass is 9.95. The van der Waals surface area contributed by atoms with Crippen molar-refractivity contribution in [2.24, 2.45) is 0 Å². The highest BCUT2D eigenvalue weighted by Gasteiger charge is 2.28. The molecule has 1 aliphatic heterocycles. The summed E-state index contributed by atoms with van der Waals surface area (Å²) in [5, 5.41) is 0. The Bertz CT molecular complexity index is 911. The van der Waals surface area contributed by atoms with Crippen LogP contribution in [0, 0.1) is 6.57 Å². The Morgan fingerprint density at radius 2 is 2.00 bits per heavy atom. The number of carbonyl (C=O) groups is 1. The van der Waals surface area contributed by atoms with Crippen LogP contribution < -0.4 is 9.47 Å². The first-order valence-corrected chi connectivity index (χ1v) is 9.28. The van der Waals surface area contributed by atoms with Crippen LogP contribution in [0.1, 0.15) is 37.8 Å². The Morgan fingerprint density at radius 3 is 2.71 bits per heavy atom. The van der Waals surface area contributed by atoms with Crippen LogP contribution in [0.2, 0.25) is 0 Å². The lowest BCUT2D eigenvalue weighted by Gasteiger charge is -2.31. The van der Waals surface area contributed by atoms with Crippen LogP contribution in [0.4, 0.5) is 5.69 Å². The number of hydrogen-bond donors (Lipinski definition) is 0. The third kappa shape index (κ3) is 4.92. The number of hydrogen-bond acceptors (Lipinski definition) is 4. The van der Waals surface area contributed by atoms with Gasteiger partial charge in [0.2, 0.25) is 0 Å². The fourth-order valence-electron chi connectivity index (χ4n) is 2.94. The number of carbonyl (C=O) groups excluding carboxylic acids is 1. The van der Waals surface area contributed by atoms with Gasteiger partial charge in [0, 0.05) is 18.4 Å². The number of nitrogens with zero attached hydrogens (tertiary/aromatic N) is 1. The predicted octanol–water partition coefficient (Wildman–Crippen LogP) is 5.32. The van der Waals surface area contributed by atoms with E-state index in [1.54, 1.807) is 19.1 Å². The second kappa shape index (κ2) is 8.62. The zero-order valence-electron chi connectivity index (χ0n) is 16.1. The van der Waals surface area contributed by atoms with Crippen molar-refractivity contribution in [1.29, 1.82) is 0 Å². The number of benzene rings is 2. The van der Waals surface area contributed by atoms with E-state index >= 15 is 0 Å². The summed E-state index contributed by atoms with van der Waals surface area (Å²) >= 11 is 0. The minimum absolute atomic E-state index is 0.209. The summed E-state index contributed by atoms with van der Waals surface area (Å²) in [5.41, 5.74) is 2.02. The van der Waals surface area contributed by atoms with E-state index in [0.29, 0.717) is 31.7 Å². The van der Waals surface area contributed by atoms with Crippen molar-refractivity contribution in [1.82, 2.24) is 0 Å². The van der Waals surface area contributed by atoms with Crippen molar-refractivity contribution in [3.05, 3.63) is 71.1 Å². The fourth-order valence-corrected chi connectivity index (χ4v) is 2.94. The molecule has 1 unspecified atom stereocenters. The van der Waals surface area contributed by atoms with Crippen LogP contribution in [0.3, 0.4) is 0 Å². The number of fused-ring (bicyclic) bond motifs is 1. The van der Waals surface area contributed by atoms with E-state index in [1.807, 2.05) is 49.4 Å². The average molecular weight is 377 g/mol. The molecule has 0 N–H and O–H groups in total. The molecule has 0 aromatic heterocycles. The molecule has 2 aromatic rings. The average Bonchev–Trinajstić information content (AvgIpc) is 2.71. The van der Waals surface area contributed by atoms with Crippen molar-refractivity contribution in [2.45, 2.75) is 38.9 Å². The minimum Gasteiger partial charge on any atom is -0.489 e. The van der Waals surface area contributed by atoms with Crippen LogP contribution in [-0.2, 0) is 16.1 Å². The maximum atomic E-state index is 11.6. The van der Waals surface area contributed by atoms with E-state index in [0.717, 1.165) is 22.6 Å². The SMILES string of the molecule is [C-]#[N+]c1ccc(COc2ccc3c(c2)C=CC(C)(CCC(=O)OCC)O3)cc1. The van der Waals surface area contributed by atoms with Crippen molar-refractivity contribution >= 4 is 17.7 Å². The summed E-state index contributed by atoms with van der Waals surface area (Å²) in [5.74, 6) is 1.30. The molecule has 0 saturated carbocycles. The molecule has 0 bridgehead atoms. The highest BCUT2D eigenvalue weighted by molar-refractivity contribution is 5.70. The van der Waals surface area contributed by atoms with E-state index in [9.17, 15) is 4.79 Å². The maximum Gasteiger partial charge on any atom is 0.305 e. The number of ether oxygens (including phenoxy) is 3. The zero-order valence-corrected chi connectivity index (χ0v) is 16.1. The Balaban J connectivity index is 1.61. The van der Waals surface area contributed by atoms with Crippen LogP contribution in [0.5, 0.6) is 11.5 Å². The molecular weight excluding hydrogens is 354 g/mol. The summed E-state index contributed by atoms with van der Waals surface area (Å²) in [4.78, 5) is 15.0. The molecule has 0 radical (unpaired) electrons. The highest BCUT2D eigenvalue weighted by atomic mass is 16.5. The molecule has 0 aliphatic carbocycles. The Morgan fingerprint density at radius 1 is 1.21 bits per heavy atom. The zero-order chi connectivity index (χ0) is 20.0. The number of esters is 1. The molecule has 5 heteroatoms. The fraction of sp³-hybridized carbons (Fsp3) is 0.304. The lowest BCUT2D eigenvalue weighted by Crippen LogP contribution is -2.32. The first-order chi connectivity index (χ1) is 13.5. The van der Waals surface area contributed by atoms with Crippen molar-refractivity contribution in [3.8, 4) is 11.5 Å². The molecule has 0 fully saturated rings. The first-order valence-electron chi connectivity index (χ1n) is 9.28. The van der Waals surface area contributed by atoms with E-state index < -0.39 is 5.60 Å². The summed E-state index contributed by atoms with van der Waals surface area (Å²) in [6.07, 6.45) is 4.85. The van der Waals surface area contributed by atoms with Crippen molar-refractivity contribution in [3.63, 3.8) is 0 Å². The number of rotatable bonds is 7. The topological polar surface area (TPSA) is 49.1 Å². The molecule has 3 rings (SSSR count). The van der Waals surface area contributed by atoms with E-state index in [1.165, 1.54) is 0 Å². The van der Waals surface area contributed by atoms with Crippen LogP contribution in [0.25, 0.3) is 10.9 Å². The van der Waals surface area contributed by atoms with Crippen LogP contribution in [-0.4, -0.2) is 18.2 Å². The molecule has 28 heavy (non-hydrogen) atoms. The molecule has 1 aliphatic rings. The Hall–Kier alpha value is -3.26. The molecule has 0 spiro atoms. The predicted molar refractivity (Wildman–Crippen MR) is 107 cm³/mol. The smallest absolute Gasteiger partial charge is 0.305 e. The van der Waals surface area contributed by atoms with E-state index in [-0.39, 0.29) is 5.97 Å². The van der Waals surface area contributed by atoms with Gasteiger partial charge in [0.15, 0.2) is 5.69 Å². The summed E-state index contributed by atoms with van der Waals surface area (Å²) < 4.78 is 17.0. The second-order valence-corrected chi connectivity index (χ2v) is 6.82. The van der Waals surface area contributed by atoms with Gasteiger partial charge in [-0.05, 0) is 43.7 Å². The van der Waals surface area contributed by atoms with E-state index in [4.69, 9.17) is 20.8 Å². The Kier molecular flexibility index (Phi) is 6.00. The van der Waals surface area contributed by atoms with Gasteiger partial charge in [0.25, 0.3) is 0 Å². The van der Waals surface area contributed by atoms with Crippen LogP contribution >= 0.6 is 0 Å². The molecule has 2 aromatic carbocycles. The molecule has 1 atom stereocenters. The molecule has 1 heterocycles. The second-order valence-electron chi connectivity index (χ2n) is 6.82. The first kappa shape index (κ1) is 19.5.